The Morgan fingerprint density at radius 2 is 2.18 bits per heavy atom. The number of halogens is 2. The molecule has 1 heterocycles. The van der Waals surface area contributed by atoms with E-state index in [1.54, 1.807) is 6.07 Å². The van der Waals surface area contributed by atoms with Crippen molar-refractivity contribution in [1.29, 1.82) is 0 Å². The summed E-state index contributed by atoms with van der Waals surface area (Å²) in [7, 11) is 0. The first-order valence-corrected chi connectivity index (χ1v) is 5.79. The highest BCUT2D eigenvalue weighted by Crippen LogP contribution is 2.29. The molecule has 17 heavy (non-hydrogen) atoms. The van der Waals surface area contributed by atoms with Gasteiger partial charge in [0.15, 0.2) is 0 Å². The molecule has 0 aliphatic carbocycles. The van der Waals surface area contributed by atoms with Crippen molar-refractivity contribution in [3.05, 3.63) is 35.1 Å². The fraction of sp³-hybridized carbons (Fsp3) is 0.538. The van der Waals surface area contributed by atoms with Crippen LogP contribution < -0.4 is 5.32 Å². The molecule has 1 fully saturated rings. The molecule has 1 saturated heterocycles. The van der Waals surface area contributed by atoms with Gasteiger partial charge < -0.3 is 10.1 Å². The lowest BCUT2D eigenvalue weighted by Gasteiger charge is -2.25. The summed E-state index contributed by atoms with van der Waals surface area (Å²) >= 11 is 0. The minimum absolute atomic E-state index is 0.328. The molecule has 4 heteroatoms. The SMILES string of the molecule is CC(C)(F)c1ccc(F)c(C2CNCCO2)c1. The van der Waals surface area contributed by atoms with Gasteiger partial charge in [-0.3, -0.25) is 0 Å². The maximum absolute atomic E-state index is 13.8. The second-order valence-electron chi connectivity index (χ2n) is 4.77. The van der Waals surface area contributed by atoms with Crippen molar-refractivity contribution in [2.45, 2.75) is 25.6 Å². The lowest BCUT2D eigenvalue weighted by Crippen LogP contribution is -2.34. The third-order valence-electron chi connectivity index (χ3n) is 2.96. The van der Waals surface area contributed by atoms with Crippen molar-refractivity contribution in [2.75, 3.05) is 19.7 Å². The monoisotopic (exact) mass is 241 g/mol. The van der Waals surface area contributed by atoms with Crippen LogP contribution in [0.3, 0.4) is 0 Å². The number of hydrogen-bond donors (Lipinski definition) is 1. The molecule has 0 saturated carbocycles. The van der Waals surface area contributed by atoms with Crippen molar-refractivity contribution in [3.63, 3.8) is 0 Å². The van der Waals surface area contributed by atoms with Gasteiger partial charge in [0, 0.05) is 18.7 Å². The van der Waals surface area contributed by atoms with E-state index in [-0.39, 0.29) is 11.9 Å². The van der Waals surface area contributed by atoms with Gasteiger partial charge in [0.2, 0.25) is 0 Å². The minimum Gasteiger partial charge on any atom is -0.371 e. The van der Waals surface area contributed by atoms with E-state index in [1.165, 1.54) is 26.0 Å². The van der Waals surface area contributed by atoms with Crippen LogP contribution in [0.4, 0.5) is 8.78 Å². The molecule has 1 N–H and O–H groups in total. The highest BCUT2D eigenvalue weighted by molar-refractivity contribution is 5.30. The van der Waals surface area contributed by atoms with E-state index in [2.05, 4.69) is 5.32 Å². The number of ether oxygens (including phenoxy) is 1. The first-order chi connectivity index (χ1) is 7.98. The average Bonchev–Trinajstić information content (AvgIpc) is 2.29. The predicted molar refractivity (Wildman–Crippen MR) is 62.1 cm³/mol. The molecule has 0 radical (unpaired) electrons. The summed E-state index contributed by atoms with van der Waals surface area (Å²) in [5.74, 6) is -0.341. The van der Waals surface area contributed by atoms with Crippen molar-refractivity contribution in [1.82, 2.24) is 5.32 Å². The van der Waals surface area contributed by atoms with Gasteiger partial charge in [-0.05, 0) is 31.5 Å². The lowest BCUT2D eigenvalue weighted by atomic mass is 9.95. The van der Waals surface area contributed by atoms with Crippen molar-refractivity contribution in [2.24, 2.45) is 0 Å². The zero-order valence-electron chi connectivity index (χ0n) is 10.1. The molecule has 1 aliphatic rings. The van der Waals surface area contributed by atoms with Gasteiger partial charge in [-0.25, -0.2) is 8.78 Å². The van der Waals surface area contributed by atoms with Crippen LogP contribution in [0.2, 0.25) is 0 Å². The maximum Gasteiger partial charge on any atom is 0.130 e. The number of morpholine rings is 1. The van der Waals surface area contributed by atoms with E-state index in [1.807, 2.05) is 0 Å². The molecule has 0 spiro atoms. The molecule has 2 rings (SSSR count). The van der Waals surface area contributed by atoms with Crippen LogP contribution in [-0.4, -0.2) is 19.7 Å². The van der Waals surface area contributed by atoms with Crippen LogP contribution in [0.15, 0.2) is 18.2 Å². The Morgan fingerprint density at radius 1 is 1.41 bits per heavy atom. The molecule has 1 aromatic carbocycles. The molecular formula is C13H17F2NO. The molecule has 94 valence electrons. The number of rotatable bonds is 2. The summed E-state index contributed by atoms with van der Waals surface area (Å²) in [5, 5.41) is 3.13. The van der Waals surface area contributed by atoms with E-state index in [9.17, 15) is 8.78 Å². The van der Waals surface area contributed by atoms with Gasteiger partial charge in [-0.15, -0.1) is 0 Å². The van der Waals surface area contributed by atoms with Crippen molar-refractivity contribution < 1.29 is 13.5 Å². The molecule has 1 aromatic rings. The van der Waals surface area contributed by atoms with E-state index in [4.69, 9.17) is 4.74 Å². The maximum atomic E-state index is 13.8. The van der Waals surface area contributed by atoms with Gasteiger partial charge in [-0.1, -0.05) is 6.07 Å². The first kappa shape index (κ1) is 12.5. The molecule has 1 unspecified atom stereocenters. The first-order valence-electron chi connectivity index (χ1n) is 5.79. The van der Waals surface area contributed by atoms with Crippen LogP contribution in [-0.2, 0) is 10.4 Å². The van der Waals surface area contributed by atoms with Crippen LogP contribution in [0, 0.1) is 5.82 Å². The average molecular weight is 241 g/mol. The summed E-state index contributed by atoms with van der Waals surface area (Å²) in [5.41, 5.74) is -0.562. The van der Waals surface area contributed by atoms with Crippen LogP contribution in [0.5, 0.6) is 0 Å². The molecule has 0 amide bonds. The van der Waals surface area contributed by atoms with Crippen LogP contribution >= 0.6 is 0 Å². The van der Waals surface area contributed by atoms with Gasteiger partial charge in [0.05, 0.1) is 12.7 Å². The number of benzene rings is 1. The molecule has 0 bridgehead atoms. The van der Waals surface area contributed by atoms with Crippen LogP contribution in [0.25, 0.3) is 0 Å². The lowest BCUT2D eigenvalue weighted by molar-refractivity contribution is 0.0253. The van der Waals surface area contributed by atoms with Crippen molar-refractivity contribution in [3.8, 4) is 0 Å². The van der Waals surface area contributed by atoms with E-state index >= 15 is 0 Å². The van der Waals surface area contributed by atoms with Gasteiger partial charge >= 0.3 is 0 Å². The highest BCUT2D eigenvalue weighted by atomic mass is 19.1. The molecular weight excluding hydrogens is 224 g/mol. The number of nitrogens with one attached hydrogen (secondary N) is 1. The summed E-state index contributed by atoms with van der Waals surface area (Å²) in [6.45, 7) is 4.81. The summed E-state index contributed by atoms with van der Waals surface area (Å²) < 4.78 is 33.0. The largest absolute Gasteiger partial charge is 0.371 e. The van der Waals surface area contributed by atoms with E-state index in [0.29, 0.717) is 24.3 Å². The predicted octanol–water partition coefficient (Wildman–Crippen LogP) is 2.69. The third kappa shape index (κ3) is 2.82. The second-order valence-corrected chi connectivity index (χ2v) is 4.77. The molecule has 0 aromatic heterocycles. The van der Waals surface area contributed by atoms with Crippen molar-refractivity contribution >= 4 is 0 Å². The third-order valence-corrected chi connectivity index (χ3v) is 2.96. The summed E-state index contributed by atoms with van der Waals surface area (Å²) in [4.78, 5) is 0. The normalized spacial score (nSPS) is 21.5. The molecule has 2 nitrogen and oxygen atoms in total. The summed E-state index contributed by atoms with van der Waals surface area (Å²) in [6.07, 6.45) is -0.328. The van der Waals surface area contributed by atoms with Gasteiger partial charge in [0.1, 0.15) is 11.5 Å². The fourth-order valence-corrected chi connectivity index (χ4v) is 1.93. The van der Waals surface area contributed by atoms with Gasteiger partial charge in [0.25, 0.3) is 0 Å². The Kier molecular flexibility index (Phi) is 3.45. The molecule has 1 aliphatic heterocycles. The summed E-state index contributed by atoms with van der Waals surface area (Å²) in [6, 6.07) is 4.35. The second kappa shape index (κ2) is 4.70. The Bertz CT molecular complexity index is 395. The zero-order valence-corrected chi connectivity index (χ0v) is 10.1. The Morgan fingerprint density at radius 3 is 2.76 bits per heavy atom. The van der Waals surface area contributed by atoms with Gasteiger partial charge in [-0.2, -0.15) is 0 Å². The molecule has 1 atom stereocenters. The van der Waals surface area contributed by atoms with E-state index in [0.717, 1.165) is 6.54 Å². The minimum atomic E-state index is -1.47. The highest BCUT2D eigenvalue weighted by Gasteiger charge is 2.24. The topological polar surface area (TPSA) is 21.3 Å². The Labute approximate surface area is 100.0 Å². The number of alkyl halides is 1. The van der Waals surface area contributed by atoms with E-state index < -0.39 is 5.67 Å². The Hall–Kier alpha value is -1.00. The zero-order chi connectivity index (χ0) is 12.5. The van der Waals surface area contributed by atoms with Crippen LogP contribution in [0.1, 0.15) is 31.1 Å². The fourth-order valence-electron chi connectivity index (χ4n) is 1.93. The Balaban J connectivity index is 2.31. The number of hydrogen-bond acceptors (Lipinski definition) is 2. The quantitative estimate of drug-likeness (QED) is 0.859. The standard InChI is InChI=1S/C13H17F2NO/c1-13(2,15)9-3-4-11(14)10(7-9)12-8-16-5-6-17-12/h3-4,7,12,16H,5-6,8H2,1-2H3. The smallest absolute Gasteiger partial charge is 0.130 e.